The standard InChI is InChI=1S/C32H37N4O8P/c1-19-6-21-12-33-25-10-29(27(41-4)8-23(25)31(38)35(21)13-19)43-17-45(40,16-37)18-44-30-11-26-24(9-28(30)42-5)32(39)36-14-20(2)7-22(36)15-34(26)3/h8-12,21-22,37H,1-2,6-7,13-18H2,3-5H3/t21-,22-,45?/m0/s1. The van der Waals surface area contributed by atoms with E-state index in [1.165, 1.54) is 14.2 Å². The SMILES string of the molecule is C=C1C[C@H]2CN(C)c3cc(OCP(=O)(CO)COc4cc5c(cc4OC)C(=O)N4CC(=C)C[C@H]4C=N5)c(OC)cc3C(=O)N2C1. The number of likely N-dealkylation sites (N-methyl/N-ethyl adjacent to an activating group) is 1. The van der Waals surface area contributed by atoms with E-state index in [1.807, 2.05) is 16.8 Å². The van der Waals surface area contributed by atoms with Crippen LogP contribution >= 0.6 is 7.14 Å². The Morgan fingerprint density at radius 2 is 1.49 bits per heavy atom. The molecule has 0 saturated carbocycles. The molecule has 2 saturated heterocycles. The average Bonchev–Trinajstić information content (AvgIpc) is 3.55. The molecule has 2 aromatic carbocycles. The summed E-state index contributed by atoms with van der Waals surface area (Å²) in [5.41, 5.74) is 3.91. The number of carbonyl (C=O) groups excluding carboxylic acids is 2. The van der Waals surface area contributed by atoms with Crippen molar-refractivity contribution in [2.45, 2.75) is 24.9 Å². The van der Waals surface area contributed by atoms with Crippen LogP contribution in [0.1, 0.15) is 33.6 Å². The predicted octanol–water partition coefficient (Wildman–Crippen LogP) is 4.10. The van der Waals surface area contributed by atoms with E-state index in [1.54, 1.807) is 35.4 Å². The Kier molecular flexibility index (Phi) is 8.13. The number of aliphatic hydroxyl groups excluding tert-OH is 1. The van der Waals surface area contributed by atoms with Gasteiger partial charge in [-0.1, -0.05) is 24.3 Å². The van der Waals surface area contributed by atoms with Crippen LogP contribution < -0.4 is 23.8 Å². The molecule has 4 aliphatic heterocycles. The van der Waals surface area contributed by atoms with E-state index in [4.69, 9.17) is 18.9 Å². The number of methoxy groups -OCH3 is 2. The van der Waals surface area contributed by atoms with Gasteiger partial charge in [-0.3, -0.25) is 14.6 Å². The summed E-state index contributed by atoms with van der Waals surface area (Å²) in [4.78, 5) is 36.8. The van der Waals surface area contributed by atoms with Crippen LogP contribution in [0.15, 0.2) is 53.6 Å². The predicted molar refractivity (Wildman–Crippen MR) is 170 cm³/mol. The third kappa shape index (κ3) is 5.68. The lowest BCUT2D eigenvalue weighted by Gasteiger charge is -2.24. The number of benzene rings is 2. The Hall–Kier alpha value is -4.28. The first-order valence-corrected chi connectivity index (χ1v) is 16.9. The summed E-state index contributed by atoms with van der Waals surface area (Å²) in [5.74, 6) is 0.795. The number of fused-ring (bicyclic) bond motifs is 4. The summed E-state index contributed by atoms with van der Waals surface area (Å²) in [7, 11) is 1.35. The fourth-order valence-electron chi connectivity index (χ4n) is 6.25. The topological polar surface area (TPSA) is 130 Å². The summed E-state index contributed by atoms with van der Waals surface area (Å²) in [6.07, 6.45) is 1.73. The highest BCUT2D eigenvalue weighted by Crippen LogP contribution is 2.48. The van der Waals surface area contributed by atoms with Crippen LogP contribution in [0.25, 0.3) is 0 Å². The van der Waals surface area contributed by atoms with Crippen molar-refractivity contribution in [2.24, 2.45) is 4.99 Å². The number of ether oxygens (including phenoxy) is 4. The second kappa shape index (κ2) is 11.9. The molecule has 2 amide bonds. The Morgan fingerprint density at radius 3 is 2.16 bits per heavy atom. The molecule has 1 unspecified atom stereocenters. The molecule has 2 fully saturated rings. The molecule has 4 heterocycles. The molecule has 2 aromatic rings. The molecule has 6 rings (SSSR count). The number of hydrogen-bond acceptors (Lipinski definition) is 10. The maximum absolute atomic E-state index is 13.8. The van der Waals surface area contributed by atoms with Gasteiger partial charge < -0.3 is 43.3 Å². The van der Waals surface area contributed by atoms with E-state index in [2.05, 4.69) is 18.2 Å². The highest BCUT2D eigenvalue weighted by molar-refractivity contribution is 7.63. The van der Waals surface area contributed by atoms with Gasteiger partial charge >= 0.3 is 0 Å². The number of rotatable bonds is 9. The van der Waals surface area contributed by atoms with E-state index in [0.717, 1.165) is 17.6 Å². The number of anilines is 1. The molecule has 0 bridgehead atoms. The van der Waals surface area contributed by atoms with Crippen LogP contribution in [0.5, 0.6) is 23.0 Å². The second-order valence-corrected chi connectivity index (χ2v) is 14.9. The highest BCUT2D eigenvalue weighted by Gasteiger charge is 2.38. The first kappa shape index (κ1) is 30.7. The molecule has 238 valence electrons. The highest BCUT2D eigenvalue weighted by atomic mass is 31.2. The van der Waals surface area contributed by atoms with Crippen LogP contribution in [-0.4, -0.2) is 105 Å². The summed E-state index contributed by atoms with van der Waals surface area (Å²) in [6, 6.07) is 6.33. The zero-order valence-corrected chi connectivity index (χ0v) is 26.5. The van der Waals surface area contributed by atoms with Crippen LogP contribution in [0.2, 0.25) is 0 Å². The average molecular weight is 637 g/mol. The molecule has 0 spiro atoms. The lowest BCUT2D eigenvalue weighted by Crippen LogP contribution is -2.38. The third-order valence-electron chi connectivity index (χ3n) is 8.65. The van der Waals surface area contributed by atoms with Gasteiger partial charge in [-0.05, 0) is 25.0 Å². The number of aliphatic imine (C=N–C) groups is 1. The number of amides is 2. The molecule has 4 aliphatic rings. The smallest absolute Gasteiger partial charge is 0.257 e. The minimum atomic E-state index is -3.47. The van der Waals surface area contributed by atoms with E-state index in [0.29, 0.717) is 54.3 Å². The third-order valence-corrected chi connectivity index (χ3v) is 10.4. The van der Waals surface area contributed by atoms with Crippen LogP contribution in [0.3, 0.4) is 0 Å². The number of hydrogen-bond donors (Lipinski definition) is 1. The molecule has 0 radical (unpaired) electrons. The molecule has 3 atom stereocenters. The minimum Gasteiger partial charge on any atom is -0.493 e. The molecule has 0 aromatic heterocycles. The van der Waals surface area contributed by atoms with Gasteiger partial charge in [0, 0.05) is 45.0 Å². The van der Waals surface area contributed by atoms with Crippen molar-refractivity contribution in [3.63, 3.8) is 0 Å². The van der Waals surface area contributed by atoms with Crippen molar-refractivity contribution in [3.05, 3.63) is 59.7 Å². The summed E-state index contributed by atoms with van der Waals surface area (Å²) in [6.45, 7) is 9.68. The molecule has 13 heteroatoms. The second-order valence-electron chi connectivity index (χ2n) is 11.9. The van der Waals surface area contributed by atoms with Crippen LogP contribution in [0.4, 0.5) is 11.4 Å². The Bertz CT molecular complexity index is 1670. The van der Waals surface area contributed by atoms with Gasteiger partial charge in [-0.2, -0.15) is 0 Å². The van der Waals surface area contributed by atoms with Crippen molar-refractivity contribution in [2.75, 3.05) is 64.8 Å². The monoisotopic (exact) mass is 636 g/mol. The largest absolute Gasteiger partial charge is 0.493 e. The van der Waals surface area contributed by atoms with Gasteiger partial charge in [0.15, 0.2) is 30.1 Å². The maximum atomic E-state index is 13.8. The van der Waals surface area contributed by atoms with Crippen molar-refractivity contribution in [1.82, 2.24) is 9.80 Å². The molecule has 45 heavy (non-hydrogen) atoms. The first-order valence-electron chi connectivity index (χ1n) is 14.6. The molecule has 0 aliphatic carbocycles. The summed E-state index contributed by atoms with van der Waals surface area (Å²) >= 11 is 0. The van der Waals surface area contributed by atoms with E-state index < -0.39 is 13.5 Å². The molecule has 12 nitrogen and oxygen atoms in total. The lowest BCUT2D eigenvalue weighted by atomic mass is 10.1. The number of nitrogens with zero attached hydrogens (tertiary/aromatic N) is 4. The zero-order chi connectivity index (χ0) is 32.0. The molecular weight excluding hydrogens is 599 g/mol. The fraction of sp³-hybridized carbons (Fsp3) is 0.406. The first-order chi connectivity index (χ1) is 21.5. The summed E-state index contributed by atoms with van der Waals surface area (Å²) < 4.78 is 36.7. The van der Waals surface area contributed by atoms with Crippen molar-refractivity contribution in [1.29, 1.82) is 0 Å². The van der Waals surface area contributed by atoms with Gasteiger partial charge in [-0.25, -0.2) is 0 Å². The Balaban J connectivity index is 1.20. The van der Waals surface area contributed by atoms with Crippen LogP contribution in [0, 0.1) is 0 Å². The molecule has 1 N–H and O–H groups in total. The van der Waals surface area contributed by atoms with Crippen molar-refractivity contribution >= 4 is 36.5 Å². The number of aliphatic hydroxyl groups is 1. The lowest BCUT2D eigenvalue weighted by molar-refractivity contribution is 0.0749. The van der Waals surface area contributed by atoms with Crippen LogP contribution in [-0.2, 0) is 4.57 Å². The van der Waals surface area contributed by atoms with E-state index >= 15 is 0 Å². The minimum absolute atomic E-state index is 0.0236. The van der Waals surface area contributed by atoms with E-state index in [-0.39, 0.29) is 53.8 Å². The van der Waals surface area contributed by atoms with Gasteiger partial charge in [0.1, 0.15) is 19.0 Å². The normalized spacial score (nSPS) is 21.8. The summed E-state index contributed by atoms with van der Waals surface area (Å²) in [5, 5.41) is 10.2. The van der Waals surface area contributed by atoms with Gasteiger partial charge in [0.25, 0.3) is 11.8 Å². The zero-order valence-electron chi connectivity index (χ0n) is 25.7. The maximum Gasteiger partial charge on any atom is 0.257 e. The molecular formula is C32H37N4O8P. The van der Waals surface area contributed by atoms with Crippen molar-refractivity contribution in [3.8, 4) is 23.0 Å². The quantitative estimate of drug-likeness (QED) is 0.320. The number of carbonyl (C=O) groups is 2. The van der Waals surface area contributed by atoms with Crippen molar-refractivity contribution < 1.29 is 38.2 Å². The van der Waals surface area contributed by atoms with Gasteiger partial charge in [0.2, 0.25) is 0 Å². The Labute approximate surface area is 261 Å². The van der Waals surface area contributed by atoms with Gasteiger partial charge in [-0.15, -0.1) is 0 Å². The van der Waals surface area contributed by atoms with E-state index in [9.17, 15) is 19.3 Å². The Morgan fingerprint density at radius 1 is 0.889 bits per heavy atom. The van der Waals surface area contributed by atoms with Gasteiger partial charge in [0.05, 0.1) is 48.8 Å². The fourth-order valence-corrected chi connectivity index (χ4v) is 7.24.